The molecule has 0 aliphatic carbocycles. The van der Waals surface area contributed by atoms with Crippen molar-refractivity contribution in [1.82, 2.24) is 15.1 Å². The summed E-state index contributed by atoms with van der Waals surface area (Å²) in [5.41, 5.74) is 6.20. The number of fused-ring (bicyclic) bond motifs is 1. The zero-order valence-electron chi connectivity index (χ0n) is 21.1. The fraction of sp³-hybridized carbons (Fsp3) is 0.357. The van der Waals surface area contributed by atoms with Gasteiger partial charge in [-0.3, -0.25) is 9.69 Å². The van der Waals surface area contributed by atoms with Crippen LogP contribution in [0, 0.1) is 5.41 Å². The van der Waals surface area contributed by atoms with Crippen LogP contribution in [-0.2, 0) is 24.2 Å². The fourth-order valence-electron chi connectivity index (χ4n) is 4.50. The molecular weight excluding hydrogens is 468 g/mol. The van der Waals surface area contributed by atoms with Gasteiger partial charge in [0.2, 0.25) is 6.41 Å². The molecule has 2 aliphatic heterocycles. The molecule has 2 aromatic rings. The first kappa shape index (κ1) is 26.0. The Labute approximate surface area is 218 Å². The molecule has 190 valence electrons. The topological polar surface area (TPSA) is 74.7 Å². The predicted molar refractivity (Wildman–Crippen MR) is 151 cm³/mol. The van der Waals surface area contributed by atoms with Gasteiger partial charge in [0.1, 0.15) is 5.50 Å². The second-order valence-corrected chi connectivity index (χ2v) is 10.6. The van der Waals surface area contributed by atoms with Crippen LogP contribution in [0.5, 0.6) is 0 Å². The van der Waals surface area contributed by atoms with E-state index in [9.17, 15) is 4.79 Å². The Hall–Kier alpha value is -3.07. The summed E-state index contributed by atoms with van der Waals surface area (Å²) in [5, 5.41) is 13.8. The lowest BCUT2D eigenvalue weighted by Crippen LogP contribution is -2.42. The number of nitrogens with zero attached hydrogens (tertiary/aromatic N) is 3. The van der Waals surface area contributed by atoms with Gasteiger partial charge >= 0.3 is 0 Å². The van der Waals surface area contributed by atoms with Gasteiger partial charge in [0.05, 0.1) is 0 Å². The average molecular weight is 505 g/mol. The van der Waals surface area contributed by atoms with Gasteiger partial charge in [-0.25, -0.2) is 0 Å². The van der Waals surface area contributed by atoms with E-state index in [1.807, 2.05) is 16.7 Å². The van der Waals surface area contributed by atoms with Gasteiger partial charge in [0, 0.05) is 60.9 Å². The van der Waals surface area contributed by atoms with Crippen LogP contribution in [0.4, 0.5) is 11.4 Å². The number of rotatable bonds is 12. The first-order valence-corrected chi connectivity index (χ1v) is 13.3. The van der Waals surface area contributed by atoms with Gasteiger partial charge < -0.3 is 25.8 Å². The molecule has 3 N–H and O–H groups in total. The lowest BCUT2D eigenvalue weighted by molar-refractivity contribution is -0.107. The molecule has 36 heavy (non-hydrogen) atoms. The molecule has 0 spiro atoms. The molecule has 0 bridgehead atoms. The summed E-state index contributed by atoms with van der Waals surface area (Å²) >= 11 is 1.89. The van der Waals surface area contributed by atoms with Gasteiger partial charge in [-0.2, -0.15) is 0 Å². The van der Waals surface area contributed by atoms with Gasteiger partial charge in [-0.05, 0) is 80.5 Å². The van der Waals surface area contributed by atoms with E-state index in [2.05, 4.69) is 83.2 Å². The molecule has 0 fully saturated rings. The molecule has 2 heterocycles. The van der Waals surface area contributed by atoms with Crippen molar-refractivity contribution >= 4 is 35.8 Å². The monoisotopic (exact) mass is 504 g/mol. The van der Waals surface area contributed by atoms with Crippen molar-refractivity contribution in [1.29, 1.82) is 5.41 Å². The first-order chi connectivity index (χ1) is 17.6. The smallest absolute Gasteiger partial charge is 0.214 e. The maximum atomic E-state index is 11.8. The summed E-state index contributed by atoms with van der Waals surface area (Å²) in [6.07, 6.45) is 10.6. The predicted octanol–water partition coefficient (Wildman–Crippen LogP) is 4.24. The van der Waals surface area contributed by atoms with E-state index in [-0.39, 0.29) is 5.50 Å². The van der Waals surface area contributed by atoms with E-state index < -0.39 is 0 Å². The number of hydrogen-bond donors (Lipinski definition) is 3. The van der Waals surface area contributed by atoms with Crippen molar-refractivity contribution in [3.63, 3.8) is 0 Å². The highest BCUT2D eigenvalue weighted by Gasteiger charge is 2.27. The Morgan fingerprint density at radius 1 is 1.17 bits per heavy atom. The maximum Gasteiger partial charge on any atom is 0.214 e. The Bertz CT molecular complexity index is 1100. The minimum Gasteiger partial charge on any atom is -0.366 e. The summed E-state index contributed by atoms with van der Waals surface area (Å²) in [4.78, 5) is 19.5. The van der Waals surface area contributed by atoms with Crippen molar-refractivity contribution in [2.75, 3.05) is 43.9 Å². The highest BCUT2D eigenvalue weighted by molar-refractivity contribution is 8.03. The Morgan fingerprint density at radius 2 is 2.00 bits per heavy atom. The fourth-order valence-corrected chi connectivity index (χ4v) is 5.64. The number of allylic oxidation sites excluding steroid dienone is 2. The van der Waals surface area contributed by atoms with Gasteiger partial charge in [0.15, 0.2) is 0 Å². The standard InChI is InChI=1S/C28H36N6OS/c1-32(2)14-4-15-34(21-35)26-10-7-23-11-16-33(20-24(23)18-26)28-31-19-27(36-28)17-22-5-8-25(9-6-22)30-13-3-12-29/h3,5-10,12-13,18-19,21,28-31H,4,11,14-17,20H2,1-2H3/b13-3-,29-12?. The van der Waals surface area contributed by atoms with Crippen molar-refractivity contribution in [3.05, 3.63) is 82.5 Å². The van der Waals surface area contributed by atoms with Gasteiger partial charge in [0.25, 0.3) is 0 Å². The normalized spacial score (nSPS) is 17.5. The molecule has 8 heteroatoms. The van der Waals surface area contributed by atoms with Gasteiger partial charge in [-0.15, -0.1) is 0 Å². The van der Waals surface area contributed by atoms with Crippen LogP contribution in [0.25, 0.3) is 0 Å². The molecule has 0 aromatic heterocycles. The van der Waals surface area contributed by atoms with E-state index in [1.54, 1.807) is 12.3 Å². The minimum atomic E-state index is 0.228. The van der Waals surface area contributed by atoms with Crippen LogP contribution >= 0.6 is 11.8 Å². The largest absolute Gasteiger partial charge is 0.366 e. The SMILES string of the molecule is CN(C)CCCN(C=O)c1ccc2c(c1)CN(C1NC=C(Cc3ccc(N/C=C\C=N)cc3)S1)CC2. The van der Waals surface area contributed by atoms with Crippen LogP contribution in [0.15, 0.2) is 65.8 Å². The van der Waals surface area contributed by atoms with Crippen molar-refractivity contribution in [3.8, 4) is 0 Å². The number of carbonyl (C=O) groups is 1. The van der Waals surface area contributed by atoms with Crippen LogP contribution in [-0.4, -0.2) is 61.7 Å². The van der Waals surface area contributed by atoms with E-state index in [0.29, 0.717) is 0 Å². The van der Waals surface area contributed by atoms with Crippen LogP contribution in [0.1, 0.15) is 23.1 Å². The summed E-state index contributed by atoms with van der Waals surface area (Å²) < 4.78 is 0. The third-order valence-corrected chi connectivity index (χ3v) is 7.67. The summed E-state index contributed by atoms with van der Waals surface area (Å²) in [6.45, 7) is 3.59. The number of hydrogen-bond acceptors (Lipinski definition) is 7. The van der Waals surface area contributed by atoms with Crippen LogP contribution in [0.3, 0.4) is 0 Å². The lowest BCUT2D eigenvalue weighted by Gasteiger charge is -2.34. The van der Waals surface area contributed by atoms with Crippen LogP contribution in [0.2, 0.25) is 0 Å². The average Bonchev–Trinajstić information content (AvgIpc) is 3.35. The lowest BCUT2D eigenvalue weighted by atomic mass is 9.99. The maximum absolute atomic E-state index is 11.8. The van der Waals surface area contributed by atoms with Gasteiger partial charge in [-0.1, -0.05) is 30.0 Å². The third kappa shape index (κ3) is 7.00. The number of thioether (sulfide) groups is 1. The van der Waals surface area contributed by atoms with E-state index >= 15 is 0 Å². The molecule has 0 saturated carbocycles. The van der Waals surface area contributed by atoms with Crippen molar-refractivity contribution < 1.29 is 4.79 Å². The molecule has 0 saturated heterocycles. The number of carbonyl (C=O) groups excluding carboxylic acids is 1. The third-order valence-electron chi connectivity index (χ3n) is 6.45. The zero-order valence-corrected chi connectivity index (χ0v) is 21.9. The Morgan fingerprint density at radius 3 is 2.75 bits per heavy atom. The summed E-state index contributed by atoms with van der Waals surface area (Å²) in [7, 11) is 4.12. The second kappa shape index (κ2) is 12.8. The van der Waals surface area contributed by atoms with Crippen molar-refractivity contribution in [2.24, 2.45) is 0 Å². The molecule has 1 amide bonds. The zero-order chi connectivity index (χ0) is 25.3. The quantitative estimate of drug-likeness (QED) is 0.297. The Balaban J connectivity index is 1.32. The number of amides is 1. The molecule has 0 radical (unpaired) electrons. The molecule has 2 aromatic carbocycles. The highest BCUT2D eigenvalue weighted by atomic mass is 32.2. The number of benzene rings is 2. The number of anilines is 2. The van der Waals surface area contributed by atoms with E-state index in [0.717, 1.165) is 63.2 Å². The highest BCUT2D eigenvalue weighted by Crippen LogP contribution is 2.34. The summed E-state index contributed by atoms with van der Waals surface area (Å²) in [5.74, 6) is 0. The minimum absolute atomic E-state index is 0.228. The molecular formula is C28H36N6OS. The molecule has 1 atom stereocenters. The molecule has 1 unspecified atom stereocenters. The Kier molecular flexibility index (Phi) is 9.22. The van der Waals surface area contributed by atoms with E-state index in [4.69, 9.17) is 5.41 Å². The van der Waals surface area contributed by atoms with Crippen LogP contribution < -0.4 is 15.5 Å². The first-order valence-electron chi connectivity index (χ1n) is 12.4. The molecule has 2 aliphatic rings. The molecule has 4 rings (SSSR count). The number of nitrogens with one attached hydrogen (secondary N) is 3. The summed E-state index contributed by atoms with van der Waals surface area (Å²) in [6, 6.07) is 14.9. The van der Waals surface area contributed by atoms with Crippen molar-refractivity contribution in [2.45, 2.75) is 31.3 Å². The molecule has 7 nitrogen and oxygen atoms in total. The second-order valence-electron chi connectivity index (χ2n) is 9.42. The van der Waals surface area contributed by atoms with E-state index in [1.165, 1.54) is 27.8 Å².